The molecule has 1 saturated heterocycles. The van der Waals surface area contributed by atoms with Gasteiger partial charge in [-0.05, 0) is 50.2 Å². The fourth-order valence-electron chi connectivity index (χ4n) is 2.01. The first-order chi connectivity index (χ1) is 7.74. The van der Waals surface area contributed by atoms with Gasteiger partial charge in [0.05, 0.1) is 6.04 Å². The number of unbranched alkanes of at least 4 members (excludes halogenated alkanes) is 1. The lowest BCUT2D eigenvalue weighted by molar-refractivity contribution is -0.124. The smallest absolute Gasteiger partial charge is 0.237 e. The summed E-state index contributed by atoms with van der Waals surface area (Å²) in [6, 6.07) is 0.0456. The van der Waals surface area contributed by atoms with Crippen LogP contribution in [0.25, 0.3) is 0 Å². The van der Waals surface area contributed by atoms with Gasteiger partial charge in [0.1, 0.15) is 0 Å². The van der Waals surface area contributed by atoms with Crippen LogP contribution in [0, 0.1) is 5.92 Å². The Morgan fingerprint density at radius 3 is 3.00 bits per heavy atom. The zero-order valence-corrected chi connectivity index (χ0v) is 11.2. The van der Waals surface area contributed by atoms with E-state index >= 15 is 0 Å². The van der Waals surface area contributed by atoms with Gasteiger partial charge in [0.25, 0.3) is 0 Å². The molecule has 0 aromatic heterocycles. The third-order valence-electron chi connectivity index (χ3n) is 3.06. The minimum atomic E-state index is 0.0456. The molecule has 16 heavy (non-hydrogen) atoms. The molecule has 2 unspecified atom stereocenters. The maximum Gasteiger partial charge on any atom is 0.237 e. The van der Waals surface area contributed by atoms with Crippen LogP contribution in [-0.2, 0) is 4.79 Å². The Morgan fingerprint density at radius 1 is 1.50 bits per heavy atom. The second kappa shape index (κ2) is 7.96. The monoisotopic (exact) mass is 244 g/mol. The molecular formula is C12H24N2OS. The number of thioether (sulfide) groups is 1. The lowest BCUT2D eigenvalue weighted by atomic mass is 9.94. The van der Waals surface area contributed by atoms with Gasteiger partial charge in [-0.1, -0.05) is 6.92 Å². The van der Waals surface area contributed by atoms with E-state index in [1.807, 2.05) is 11.8 Å². The molecule has 1 amide bonds. The SMILES string of the molecule is CSCCCCNC(=O)C1CC(C)CCN1. The highest BCUT2D eigenvalue weighted by atomic mass is 32.2. The number of carbonyl (C=O) groups is 1. The normalized spacial score (nSPS) is 25.4. The first-order valence-electron chi connectivity index (χ1n) is 6.24. The second-order valence-electron chi connectivity index (χ2n) is 4.63. The van der Waals surface area contributed by atoms with Crippen molar-refractivity contribution < 1.29 is 4.79 Å². The second-order valence-corrected chi connectivity index (χ2v) is 5.61. The van der Waals surface area contributed by atoms with Crippen LogP contribution in [0.3, 0.4) is 0 Å². The Labute approximate surface area is 103 Å². The summed E-state index contributed by atoms with van der Waals surface area (Å²) in [5.41, 5.74) is 0. The highest BCUT2D eigenvalue weighted by molar-refractivity contribution is 7.98. The summed E-state index contributed by atoms with van der Waals surface area (Å²) in [7, 11) is 0. The van der Waals surface area contributed by atoms with Crippen LogP contribution in [0.5, 0.6) is 0 Å². The van der Waals surface area contributed by atoms with Gasteiger partial charge in [0.15, 0.2) is 0 Å². The van der Waals surface area contributed by atoms with Crippen LogP contribution < -0.4 is 10.6 Å². The number of nitrogens with one attached hydrogen (secondary N) is 2. The molecule has 0 aromatic rings. The van der Waals surface area contributed by atoms with E-state index in [9.17, 15) is 4.79 Å². The third-order valence-corrected chi connectivity index (χ3v) is 3.75. The van der Waals surface area contributed by atoms with Gasteiger partial charge in [-0.3, -0.25) is 4.79 Å². The van der Waals surface area contributed by atoms with E-state index < -0.39 is 0 Å². The van der Waals surface area contributed by atoms with E-state index in [-0.39, 0.29) is 11.9 Å². The maximum atomic E-state index is 11.8. The predicted octanol–water partition coefficient (Wildman–Crippen LogP) is 1.63. The van der Waals surface area contributed by atoms with Crippen molar-refractivity contribution in [3.8, 4) is 0 Å². The van der Waals surface area contributed by atoms with Crippen LogP contribution in [0.4, 0.5) is 0 Å². The van der Waals surface area contributed by atoms with Crippen molar-refractivity contribution in [1.29, 1.82) is 0 Å². The summed E-state index contributed by atoms with van der Waals surface area (Å²) < 4.78 is 0. The molecule has 0 saturated carbocycles. The summed E-state index contributed by atoms with van der Waals surface area (Å²) in [4.78, 5) is 11.8. The Bertz CT molecular complexity index is 211. The van der Waals surface area contributed by atoms with Crippen LogP contribution in [0.15, 0.2) is 0 Å². The van der Waals surface area contributed by atoms with Gasteiger partial charge in [-0.2, -0.15) is 11.8 Å². The molecule has 0 aliphatic carbocycles. The highest BCUT2D eigenvalue weighted by Crippen LogP contribution is 2.14. The molecular weight excluding hydrogens is 220 g/mol. The number of piperidine rings is 1. The van der Waals surface area contributed by atoms with Gasteiger partial charge in [-0.25, -0.2) is 0 Å². The molecule has 0 bridgehead atoms. The molecule has 94 valence electrons. The van der Waals surface area contributed by atoms with Gasteiger partial charge >= 0.3 is 0 Å². The Morgan fingerprint density at radius 2 is 2.31 bits per heavy atom. The molecule has 4 heteroatoms. The Balaban J connectivity index is 2.09. The van der Waals surface area contributed by atoms with Crippen molar-refractivity contribution in [3.05, 3.63) is 0 Å². The number of carbonyl (C=O) groups excluding carboxylic acids is 1. The lowest BCUT2D eigenvalue weighted by Crippen LogP contribution is -2.48. The fraction of sp³-hybridized carbons (Fsp3) is 0.917. The van der Waals surface area contributed by atoms with E-state index in [0.717, 1.165) is 25.9 Å². The van der Waals surface area contributed by atoms with E-state index in [1.54, 1.807) is 0 Å². The van der Waals surface area contributed by atoms with Gasteiger partial charge in [-0.15, -0.1) is 0 Å². The molecule has 1 heterocycles. The van der Waals surface area contributed by atoms with Gasteiger partial charge in [0, 0.05) is 6.54 Å². The van der Waals surface area contributed by atoms with Crippen molar-refractivity contribution in [1.82, 2.24) is 10.6 Å². The topological polar surface area (TPSA) is 41.1 Å². The van der Waals surface area contributed by atoms with Crippen LogP contribution in [-0.4, -0.2) is 37.0 Å². The van der Waals surface area contributed by atoms with Crippen molar-refractivity contribution in [2.75, 3.05) is 25.1 Å². The average molecular weight is 244 g/mol. The number of rotatable bonds is 6. The van der Waals surface area contributed by atoms with E-state index in [0.29, 0.717) is 5.92 Å². The van der Waals surface area contributed by atoms with Crippen molar-refractivity contribution in [3.63, 3.8) is 0 Å². The first kappa shape index (κ1) is 13.8. The summed E-state index contributed by atoms with van der Waals surface area (Å²) >= 11 is 1.86. The Kier molecular flexibility index (Phi) is 6.88. The zero-order valence-electron chi connectivity index (χ0n) is 10.4. The molecule has 1 rings (SSSR count). The van der Waals surface area contributed by atoms with Crippen molar-refractivity contribution in [2.24, 2.45) is 5.92 Å². The largest absolute Gasteiger partial charge is 0.355 e. The van der Waals surface area contributed by atoms with Crippen LogP contribution >= 0.6 is 11.8 Å². The van der Waals surface area contributed by atoms with Crippen molar-refractivity contribution in [2.45, 2.75) is 38.6 Å². The predicted molar refractivity (Wildman–Crippen MR) is 70.8 cm³/mol. The molecule has 3 nitrogen and oxygen atoms in total. The van der Waals surface area contributed by atoms with Gasteiger partial charge < -0.3 is 10.6 Å². The quantitative estimate of drug-likeness (QED) is 0.698. The molecule has 0 spiro atoms. The van der Waals surface area contributed by atoms with E-state index in [1.165, 1.54) is 18.6 Å². The molecule has 0 radical (unpaired) electrons. The lowest BCUT2D eigenvalue weighted by Gasteiger charge is -2.27. The summed E-state index contributed by atoms with van der Waals surface area (Å²) in [5, 5.41) is 6.31. The summed E-state index contributed by atoms with van der Waals surface area (Å²) in [5.74, 6) is 2.05. The first-order valence-corrected chi connectivity index (χ1v) is 7.63. The number of hydrogen-bond acceptors (Lipinski definition) is 3. The van der Waals surface area contributed by atoms with Crippen LogP contribution in [0.1, 0.15) is 32.6 Å². The zero-order chi connectivity index (χ0) is 11.8. The average Bonchev–Trinajstić information content (AvgIpc) is 2.28. The van der Waals surface area contributed by atoms with Crippen LogP contribution in [0.2, 0.25) is 0 Å². The minimum Gasteiger partial charge on any atom is -0.355 e. The molecule has 1 fully saturated rings. The third kappa shape index (κ3) is 5.21. The summed E-state index contributed by atoms with van der Waals surface area (Å²) in [6.07, 6.45) is 6.57. The molecule has 1 aliphatic rings. The van der Waals surface area contributed by atoms with Gasteiger partial charge in [0.2, 0.25) is 5.91 Å². The van der Waals surface area contributed by atoms with E-state index in [2.05, 4.69) is 23.8 Å². The highest BCUT2D eigenvalue weighted by Gasteiger charge is 2.23. The molecule has 2 N–H and O–H groups in total. The minimum absolute atomic E-state index is 0.0456. The summed E-state index contributed by atoms with van der Waals surface area (Å²) in [6.45, 7) is 4.03. The standard InChI is InChI=1S/C12H24N2OS/c1-10-5-7-13-11(9-10)12(15)14-6-3-4-8-16-2/h10-11,13H,3-9H2,1-2H3,(H,14,15). The van der Waals surface area contributed by atoms with E-state index in [4.69, 9.17) is 0 Å². The maximum absolute atomic E-state index is 11.8. The number of amides is 1. The molecule has 2 atom stereocenters. The molecule has 0 aromatic carbocycles. The fourth-order valence-corrected chi connectivity index (χ4v) is 2.51. The Hall–Kier alpha value is -0.220. The van der Waals surface area contributed by atoms with Crippen molar-refractivity contribution >= 4 is 17.7 Å². The molecule has 1 aliphatic heterocycles. The number of hydrogen-bond donors (Lipinski definition) is 2.